The van der Waals surface area contributed by atoms with E-state index in [0.29, 0.717) is 13.1 Å². The number of nitrogens with zero attached hydrogens (tertiary/aromatic N) is 2. The molecule has 2 heterocycles. The van der Waals surface area contributed by atoms with E-state index in [-0.39, 0.29) is 17.6 Å². The monoisotopic (exact) mass is 316 g/mol. The average Bonchev–Trinajstić information content (AvgIpc) is 3.04. The van der Waals surface area contributed by atoms with Gasteiger partial charge < -0.3 is 10.6 Å². The molecule has 0 unspecified atom stereocenters. The predicted octanol–water partition coefficient (Wildman–Crippen LogP) is 2.27. The van der Waals surface area contributed by atoms with Gasteiger partial charge >= 0.3 is 0 Å². The third-order valence-corrected chi connectivity index (χ3v) is 4.41. The van der Waals surface area contributed by atoms with Crippen LogP contribution in [0.2, 0.25) is 0 Å². The number of aromatic nitrogens is 2. The van der Waals surface area contributed by atoms with Gasteiger partial charge in [0, 0.05) is 30.3 Å². The highest BCUT2D eigenvalue weighted by atomic mass is 19.1. The number of aromatic amines is 1. The lowest BCUT2D eigenvalue weighted by molar-refractivity contribution is -0.133. The number of H-pyrrole nitrogens is 1. The fraction of sp³-hybridized carbons (Fsp3) is 0.412. The Morgan fingerprint density at radius 2 is 2.17 bits per heavy atom. The summed E-state index contributed by atoms with van der Waals surface area (Å²) in [7, 11) is 0. The molecule has 3 N–H and O–H groups in total. The summed E-state index contributed by atoms with van der Waals surface area (Å²) in [4.78, 5) is 13.8. The molecule has 0 radical (unpaired) electrons. The lowest BCUT2D eigenvalue weighted by Crippen LogP contribution is -2.45. The van der Waals surface area contributed by atoms with Gasteiger partial charge in [0.15, 0.2) is 0 Å². The fourth-order valence-electron chi connectivity index (χ4n) is 3.17. The van der Waals surface area contributed by atoms with E-state index in [0.717, 1.165) is 29.7 Å². The lowest BCUT2D eigenvalue weighted by atomic mass is 9.89. The van der Waals surface area contributed by atoms with Crippen molar-refractivity contribution in [1.29, 1.82) is 0 Å². The van der Waals surface area contributed by atoms with E-state index in [1.165, 1.54) is 12.1 Å². The van der Waals surface area contributed by atoms with E-state index in [4.69, 9.17) is 5.73 Å². The summed E-state index contributed by atoms with van der Waals surface area (Å²) in [5.74, 6) is 0.0262. The van der Waals surface area contributed by atoms with Crippen molar-refractivity contribution < 1.29 is 9.18 Å². The number of benzene rings is 1. The largest absolute Gasteiger partial charge is 0.341 e. The molecule has 1 amide bonds. The Morgan fingerprint density at radius 1 is 1.43 bits per heavy atom. The lowest BCUT2D eigenvalue weighted by Gasteiger charge is -2.33. The van der Waals surface area contributed by atoms with Crippen molar-refractivity contribution in [2.75, 3.05) is 13.1 Å². The van der Waals surface area contributed by atoms with Gasteiger partial charge in [-0.25, -0.2) is 4.39 Å². The highest BCUT2D eigenvalue weighted by molar-refractivity contribution is 5.81. The van der Waals surface area contributed by atoms with Crippen LogP contribution in [0.1, 0.15) is 31.4 Å². The molecule has 1 saturated heterocycles. The zero-order valence-electron chi connectivity index (χ0n) is 13.1. The number of nitrogens with one attached hydrogen (secondary N) is 1. The number of piperidine rings is 1. The van der Waals surface area contributed by atoms with Gasteiger partial charge in [-0.15, -0.1) is 0 Å². The van der Waals surface area contributed by atoms with Crippen LogP contribution in [0.3, 0.4) is 0 Å². The van der Waals surface area contributed by atoms with Crippen LogP contribution in [0.4, 0.5) is 4.39 Å². The molecule has 0 saturated carbocycles. The standard InChI is InChI=1S/C17H21FN4O/c1-11(19)17(23)22-7-5-12(6-8-22)16-15(10-20-21-16)13-3-2-4-14(18)9-13/h2-4,9-12H,5-8,19H2,1H3,(H,20,21)/t11-/m1/s1. The molecular weight excluding hydrogens is 295 g/mol. The molecule has 23 heavy (non-hydrogen) atoms. The quantitative estimate of drug-likeness (QED) is 0.912. The van der Waals surface area contributed by atoms with Gasteiger partial charge in [0.25, 0.3) is 0 Å². The Labute approximate surface area is 134 Å². The van der Waals surface area contributed by atoms with Crippen molar-refractivity contribution in [3.63, 3.8) is 0 Å². The first-order chi connectivity index (χ1) is 11.1. The van der Waals surface area contributed by atoms with Crippen LogP contribution >= 0.6 is 0 Å². The highest BCUT2D eigenvalue weighted by Crippen LogP contribution is 2.34. The summed E-state index contributed by atoms with van der Waals surface area (Å²) >= 11 is 0. The third kappa shape index (κ3) is 3.27. The van der Waals surface area contributed by atoms with Crippen LogP contribution in [0, 0.1) is 5.82 Å². The summed E-state index contributed by atoms with van der Waals surface area (Å²) in [5, 5.41) is 7.20. The summed E-state index contributed by atoms with van der Waals surface area (Å²) in [6, 6.07) is 6.07. The van der Waals surface area contributed by atoms with Gasteiger partial charge in [0.2, 0.25) is 5.91 Å². The minimum absolute atomic E-state index is 0.00147. The van der Waals surface area contributed by atoms with Crippen molar-refractivity contribution in [1.82, 2.24) is 15.1 Å². The Bertz CT molecular complexity index is 689. The van der Waals surface area contributed by atoms with Crippen molar-refractivity contribution in [3.8, 4) is 11.1 Å². The molecule has 0 bridgehead atoms. The molecule has 2 aromatic rings. The highest BCUT2D eigenvalue weighted by Gasteiger charge is 2.27. The number of carbonyl (C=O) groups excluding carboxylic acids is 1. The SMILES string of the molecule is C[C@@H](N)C(=O)N1CCC(c2[nH]ncc2-c2cccc(F)c2)CC1. The van der Waals surface area contributed by atoms with E-state index in [1.807, 2.05) is 11.0 Å². The Morgan fingerprint density at radius 3 is 2.83 bits per heavy atom. The van der Waals surface area contributed by atoms with Crippen LogP contribution in [-0.4, -0.2) is 40.1 Å². The van der Waals surface area contributed by atoms with Crippen LogP contribution in [0.15, 0.2) is 30.5 Å². The average molecular weight is 316 g/mol. The minimum Gasteiger partial charge on any atom is -0.341 e. The van der Waals surface area contributed by atoms with Gasteiger partial charge in [-0.2, -0.15) is 5.10 Å². The molecule has 1 aromatic heterocycles. The molecule has 1 fully saturated rings. The second kappa shape index (κ2) is 6.50. The number of hydrogen-bond acceptors (Lipinski definition) is 3. The van der Waals surface area contributed by atoms with Gasteiger partial charge in [-0.3, -0.25) is 9.89 Å². The number of amides is 1. The molecule has 1 aliphatic rings. The molecule has 5 nitrogen and oxygen atoms in total. The summed E-state index contributed by atoms with van der Waals surface area (Å²) < 4.78 is 13.5. The summed E-state index contributed by atoms with van der Waals surface area (Å²) in [6.07, 6.45) is 3.44. The Hall–Kier alpha value is -2.21. The predicted molar refractivity (Wildman–Crippen MR) is 86.2 cm³/mol. The maximum absolute atomic E-state index is 13.5. The first kappa shape index (κ1) is 15.7. The third-order valence-electron chi connectivity index (χ3n) is 4.41. The first-order valence-electron chi connectivity index (χ1n) is 7.90. The molecule has 0 aliphatic carbocycles. The molecule has 1 aliphatic heterocycles. The first-order valence-corrected chi connectivity index (χ1v) is 7.90. The maximum Gasteiger partial charge on any atom is 0.239 e. The van der Waals surface area contributed by atoms with Crippen molar-refractivity contribution in [3.05, 3.63) is 42.0 Å². The molecule has 6 heteroatoms. The number of halogens is 1. The minimum atomic E-state index is -0.457. The normalized spacial score (nSPS) is 17.3. The van der Waals surface area contributed by atoms with E-state index in [2.05, 4.69) is 10.2 Å². The van der Waals surface area contributed by atoms with Crippen LogP contribution in [0.25, 0.3) is 11.1 Å². The Balaban J connectivity index is 1.75. The maximum atomic E-state index is 13.5. The molecule has 122 valence electrons. The van der Waals surface area contributed by atoms with E-state index >= 15 is 0 Å². The number of rotatable bonds is 3. The van der Waals surface area contributed by atoms with E-state index < -0.39 is 6.04 Å². The van der Waals surface area contributed by atoms with Crippen molar-refractivity contribution in [2.24, 2.45) is 5.73 Å². The van der Waals surface area contributed by atoms with Gasteiger partial charge in [-0.05, 0) is 37.5 Å². The van der Waals surface area contributed by atoms with Gasteiger partial charge in [0.05, 0.1) is 12.2 Å². The van der Waals surface area contributed by atoms with Gasteiger partial charge in [0.1, 0.15) is 5.82 Å². The van der Waals surface area contributed by atoms with Crippen LogP contribution in [0.5, 0.6) is 0 Å². The van der Waals surface area contributed by atoms with Crippen LogP contribution in [-0.2, 0) is 4.79 Å². The second-order valence-corrected chi connectivity index (χ2v) is 6.10. The summed E-state index contributed by atoms with van der Waals surface area (Å²) in [6.45, 7) is 3.09. The van der Waals surface area contributed by atoms with Crippen LogP contribution < -0.4 is 5.73 Å². The molecule has 1 atom stereocenters. The zero-order valence-corrected chi connectivity index (χ0v) is 13.1. The van der Waals surface area contributed by atoms with Gasteiger partial charge in [-0.1, -0.05) is 12.1 Å². The molecule has 1 aromatic carbocycles. The molecular formula is C17H21FN4O. The topological polar surface area (TPSA) is 75.0 Å². The zero-order chi connectivity index (χ0) is 16.4. The van der Waals surface area contributed by atoms with Crippen molar-refractivity contribution >= 4 is 5.91 Å². The van der Waals surface area contributed by atoms with E-state index in [9.17, 15) is 9.18 Å². The molecule has 3 rings (SSSR count). The molecule has 0 spiro atoms. The van der Waals surface area contributed by atoms with Crippen molar-refractivity contribution in [2.45, 2.75) is 31.7 Å². The second-order valence-electron chi connectivity index (χ2n) is 6.10. The van der Waals surface area contributed by atoms with E-state index in [1.54, 1.807) is 19.2 Å². The number of carbonyl (C=O) groups is 1. The fourth-order valence-corrected chi connectivity index (χ4v) is 3.17. The number of likely N-dealkylation sites (tertiary alicyclic amines) is 1. The number of hydrogen-bond donors (Lipinski definition) is 2. The Kier molecular flexibility index (Phi) is 4.43. The number of nitrogens with two attached hydrogens (primary N) is 1. The smallest absolute Gasteiger partial charge is 0.239 e. The summed E-state index contributed by atoms with van der Waals surface area (Å²) in [5.41, 5.74) is 8.44.